The molecule has 0 saturated carbocycles. The van der Waals surface area contributed by atoms with Gasteiger partial charge in [0.15, 0.2) is 11.4 Å². The predicted octanol–water partition coefficient (Wildman–Crippen LogP) is 3.07. The number of likely N-dealkylation sites (N-methyl/N-ethyl adjacent to an activating group) is 1. The summed E-state index contributed by atoms with van der Waals surface area (Å²) in [6, 6.07) is 11.4. The number of benzene rings is 1. The van der Waals surface area contributed by atoms with Crippen LogP contribution in [0.15, 0.2) is 48.0 Å². The van der Waals surface area contributed by atoms with Crippen molar-refractivity contribution in [2.24, 2.45) is 7.05 Å². The Bertz CT molecular complexity index is 1440. The van der Waals surface area contributed by atoms with Crippen LogP contribution in [0, 0.1) is 0 Å². The Morgan fingerprint density at radius 2 is 1.72 bits per heavy atom. The van der Waals surface area contributed by atoms with Gasteiger partial charge in [0.1, 0.15) is 0 Å². The average Bonchev–Trinajstić information content (AvgIpc) is 3.62. The molecule has 2 aliphatic rings. The van der Waals surface area contributed by atoms with E-state index >= 15 is 0 Å². The lowest BCUT2D eigenvalue weighted by Gasteiger charge is -2.32. The van der Waals surface area contributed by atoms with Crippen molar-refractivity contribution < 1.29 is 9.59 Å². The topological polar surface area (TPSA) is 88.3 Å². The Balaban J connectivity index is 1.33. The number of rotatable bonds is 4. The van der Waals surface area contributed by atoms with E-state index in [9.17, 15) is 9.59 Å². The zero-order valence-corrected chi connectivity index (χ0v) is 21.1. The molecule has 1 fully saturated rings. The van der Waals surface area contributed by atoms with Crippen molar-refractivity contribution in [2.75, 3.05) is 38.5 Å². The second kappa shape index (κ2) is 9.03. The first-order chi connectivity index (χ1) is 17.5. The maximum Gasteiger partial charge on any atom is 0.276 e. The molecule has 1 saturated heterocycles. The molecule has 10 heteroatoms. The number of hydrogen-bond acceptors (Lipinski definition) is 6. The number of aryl methyl sites for hydroxylation is 2. The van der Waals surface area contributed by atoms with E-state index in [1.165, 1.54) is 4.88 Å². The molecule has 1 aliphatic heterocycles. The summed E-state index contributed by atoms with van der Waals surface area (Å²) in [7, 11) is 3.86. The van der Waals surface area contributed by atoms with Crippen LogP contribution in [0.2, 0.25) is 0 Å². The van der Waals surface area contributed by atoms with Crippen molar-refractivity contribution in [3.05, 3.63) is 69.8 Å². The van der Waals surface area contributed by atoms with Crippen LogP contribution in [0.3, 0.4) is 0 Å². The van der Waals surface area contributed by atoms with Gasteiger partial charge in [0.05, 0.1) is 11.4 Å². The molecule has 0 spiro atoms. The van der Waals surface area contributed by atoms with Crippen molar-refractivity contribution in [1.82, 2.24) is 29.4 Å². The molecule has 4 heterocycles. The summed E-state index contributed by atoms with van der Waals surface area (Å²) in [5.74, 6) is -0.251. The van der Waals surface area contributed by atoms with E-state index in [-0.39, 0.29) is 11.8 Å². The van der Waals surface area contributed by atoms with E-state index in [2.05, 4.69) is 33.8 Å². The Labute approximate surface area is 212 Å². The Morgan fingerprint density at radius 3 is 2.44 bits per heavy atom. The minimum atomic E-state index is -0.261. The van der Waals surface area contributed by atoms with E-state index in [4.69, 9.17) is 5.10 Å². The second-order valence-corrected chi connectivity index (χ2v) is 10.3. The van der Waals surface area contributed by atoms with E-state index < -0.39 is 0 Å². The number of hydrogen-bond donors (Lipinski definition) is 1. The molecular weight excluding hydrogens is 474 g/mol. The lowest BCUT2D eigenvalue weighted by atomic mass is 9.94. The summed E-state index contributed by atoms with van der Waals surface area (Å²) in [6.07, 6.45) is 3.46. The number of fused-ring (bicyclic) bond motifs is 3. The third kappa shape index (κ3) is 4.02. The smallest absolute Gasteiger partial charge is 0.276 e. The normalized spacial score (nSPS) is 15.4. The van der Waals surface area contributed by atoms with Crippen LogP contribution in [0.1, 0.15) is 31.4 Å². The van der Waals surface area contributed by atoms with Crippen LogP contribution < -0.4 is 5.32 Å². The molecule has 2 amide bonds. The molecule has 0 radical (unpaired) electrons. The second-order valence-electron chi connectivity index (χ2n) is 9.32. The first kappa shape index (κ1) is 22.7. The quantitative estimate of drug-likeness (QED) is 0.464. The molecule has 0 bridgehead atoms. The summed E-state index contributed by atoms with van der Waals surface area (Å²) in [5.41, 5.74) is 5.61. The highest BCUT2D eigenvalue weighted by atomic mass is 32.1. The zero-order valence-electron chi connectivity index (χ0n) is 20.3. The van der Waals surface area contributed by atoms with E-state index in [1.807, 2.05) is 33.8 Å². The highest BCUT2D eigenvalue weighted by Crippen LogP contribution is 2.40. The van der Waals surface area contributed by atoms with Gasteiger partial charge in [-0.05, 0) is 61.7 Å². The van der Waals surface area contributed by atoms with Crippen LogP contribution in [-0.4, -0.2) is 74.4 Å². The first-order valence-corrected chi connectivity index (χ1v) is 12.9. The van der Waals surface area contributed by atoms with Gasteiger partial charge in [0, 0.05) is 61.1 Å². The summed E-state index contributed by atoms with van der Waals surface area (Å²) in [4.78, 5) is 31.5. The van der Waals surface area contributed by atoms with Gasteiger partial charge in [0.2, 0.25) is 0 Å². The Hall–Kier alpha value is -3.76. The third-order valence-electron chi connectivity index (χ3n) is 6.90. The summed E-state index contributed by atoms with van der Waals surface area (Å²) >= 11 is 1.75. The highest BCUT2D eigenvalue weighted by Gasteiger charge is 2.32. The molecular formula is C26H27N7O2S. The monoisotopic (exact) mass is 501 g/mol. The number of anilines is 1. The summed E-state index contributed by atoms with van der Waals surface area (Å²) in [5, 5.41) is 14.0. The van der Waals surface area contributed by atoms with Crippen molar-refractivity contribution in [3.63, 3.8) is 0 Å². The highest BCUT2D eigenvalue weighted by molar-refractivity contribution is 7.10. The molecule has 6 rings (SSSR count). The maximum atomic E-state index is 13.6. The van der Waals surface area contributed by atoms with Gasteiger partial charge in [0.25, 0.3) is 11.8 Å². The van der Waals surface area contributed by atoms with Gasteiger partial charge < -0.3 is 15.1 Å². The first-order valence-electron chi connectivity index (χ1n) is 12.1. The number of nitrogens with one attached hydrogen (secondary N) is 1. The number of thiophene rings is 1. The molecule has 184 valence electrons. The lowest BCUT2D eigenvalue weighted by Crippen LogP contribution is -2.47. The number of amides is 2. The van der Waals surface area contributed by atoms with Crippen molar-refractivity contribution in [3.8, 4) is 16.9 Å². The zero-order chi connectivity index (χ0) is 24.8. The molecule has 0 unspecified atom stereocenters. The minimum Gasteiger partial charge on any atom is -0.335 e. The number of nitrogens with zero attached hydrogens (tertiary/aromatic N) is 6. The van der Waals surface area contributed by atoms with Crippen LogP contribution in [0.4, 0.5) is 5.69 Å². The Kier molecular flexibility index (Phi) is 5.69. The molecule has 1 N–H and O–H groups in total. The van der Waals surface area contributed by atoms with Crippen molar-refractivity contribution >= 4 is 28.8 Å². The molecule has 36 heavy (non-hydrogen) atoms. The van der Waals surface area contributed by atoms with E-state index in [0.29, 0.717) is 30.2 Å². The molecule has 1 aromatic carbocycles. The van der Waals surface area contributed by atoms with Gasteiger partial charge in [-0.2, -0.15) is 10.2 Å². The predicted molar refractivity (Wildman–Crippen MR) is 139 cm³/mol. The average molecular weight is 502 g/mol. The fourth-order valence-electron chi connectivity index (χ4n) is 4.88. The molecule has 4 aromatic rings. The largest absolute Gasteiger partial charge is 0.335 e. The molecule has 0 atom stereocenters. The number of piperazine rings is 1. The number of carbonyl (C=O) groups is 2. The van der Waals surface area contributed by atoms with Gasteiger partial charge in [-0.3, -0.25) is 14.3 Å². The molecule has 3 aromatic heterocycles. The SMILES string of the molecule is CN1CCN(C(=O)c2nn(-c3ccc(NC(=O)c4ccn(C)n4)cc3)c3c2CCc2sccc2-3)CC1. The minimum absolute atomic E-state index is 0.0102. The molecule has 1 aliphatic carbocycles. The van der Waals surface area contributed by atoms with Gasteiger partial charge in [-0.1, -0.05) is 0 Å². The van der Waals surface area contributed by atoms with Crippen molar-refractivity contribution in [2.45, 2.75) is 12.8 Å². The van der Waals surface area contributed by atoms with Crippen LogP contribution in [0.25, 0.3) is 16.9 Å². The van der Waals surface area contributed by atoms with E-state index in [0.717, 1.165) is 48.4 Å². The maximum absolute atomic E-state index is 13.6. The third-order valence-corrected chi connectivity index (χ3v) is 7.88. The van der Waals surface area contributed by atoms with Crippen LogP contribution >= 0.6 is 11.3 Å². The summed E-state index contributed by atoms with van der Waals surface area (Å²) < 4.78 is 3.49. The summed E-state index contributed by atoms with van der Waals surface area (Å²) in [6.45, 7) is 3.17. The number of aromatic nitrogens is 4. The lowest BCUT2D eigenvalue weighted by molar-refractivity contribution is 0.0656. The Morgan fingerprint density at radius 1 is 0.944 bits per heavy atom. The number of carbonyl (C=O) groups excluding carboxylic acids is 2. The molecule has 9 nitrogen and oxygen atoms in total. The van der Waals surface area contributed by atoms with Gasteiger partial charge in [-0.25, -0.2) is 4.68 Å². The fourth-order valence-corrected chi connectivity index (χ4v) is 5.76. The van der Waals surface area contributed by atoms with E-state index in [1.54, 1.807) is 35.3 Å². The standard InChI is InChI=1S/C26H27N7O2S/c1-30-12-14-32(15-13-30)26(35)23-20-7-8-22-19(10-16-36-22)24(20)33(29-23)18-5-3-17(4-6-18)27-25(34)21-9-11-31(2)28-21/h3-6,9-11,16H,7-8,12-15H2,1-2H3,(H,27,34). The van der Waals surface area contributed by atoms with Crippen molar-refractivity contribution in [1.29, 1.82) is 0 Å². The van der Waals surface area contributed by atoms with Gasteiger partial charge >= 0.3 is 0 Å². The van der Waals surface area contributed by atoms with Gasteiger partial charge in [-0.15, -0.1) is 11.3 Å². The fraction of sp³-hybridized carbons (Fsp3) is 0.308. The van der Waals surface area contributed by atoms with Crippen LogP contribution in [0.5, 0.6) is 0 Å². The van der Waals surface area contributed by atoms with Crippen LogP contribution in [-0.2, 0) is 19.9 Å².